The van der Waals surface area contributed by atoms with Crippen LogP contribution in [0.2, 0.25) is 0 Å². The van der Waals surface area contributed by atoms with Gasteiger partial charge in [0.05, 0.1) is 0 Å². The Bertz CT molecular complexity index is 254. The number of rotatable bonds is 10. The first-order valence-corrected chi connectivity index (χ1v) is 7.42. The monoisotopic (exact) mass is 237 g/mol. The standard InChI is InChI=1S/C15H28N2/c1-3-5-7-8-9-11-15(10-6-4-2)17-13-12-16-14-17/h12-15H,3-11H2,1-2H3/p+1. The Kier molecular flexibility index (Phi) is 7.78. The van der Waals surface area contributed by atoms with Crippen LogP contribution in [0.4, 0.5) is 0 Å². The number of H-pyrrole nitrogens is 1. The van der Waals surface area contributed by atoms with Gasteiger partial charge in [-0.3, -0.25) is 4.98 Å². The molecule has 1 aromatic heterocycles. The zero-order chi connectivity index (χ0) is 12.3. The molecule has 17 heavy (non-hydrogen) atoms. The van der Waals surface area contributed by atoms with Crippen LogP contribution in [0.1, 0.15) is 77.7 Å². The van der Waals surface area contributed by atoms with E-state index in [-0.39, 0.29) is 0 Å². The third-order valence-electron chi connectivity index (χ3n) is 3.52. The Morgan fingerprint density at radius 1 is 0.941 bits per heavy atom. The van der Waals surface area contributed by atoms with E-state index in [1.54, 1.807) is 0 Å². The van der Waals surface area contributed by atoms with Crippen molar-refractivity contribution in [2.24, 2.45) is 0 Å². The van der Waals surface area contributed by atoms with Gasteiger partial charge in [0.2, 0.25) is 6.33 Å². The molecule has 1 atom stereocenters. The summed E-state index contributed by atoms with van der Waals surface area (Å²) in [4.78, 5) is 3.16. The molecule has 0 aliphatic carbocycles. The minimum absolute atomic E-state index is 0.711. The number of unbranched alkanes of at least 4 members (excludes halogenated alkanes) is 5. The molecule has 1 aromatic rings. The molecule has 0 spiro atoms. The summed E-state index contributed by atoms with van der Waals surface area (Å²) >= 11 is 0. The third kappa shape index (κ3) is 5.90. The lowest BCUT2D eigenvalue weighted by Gasteiger charge is -2.13. The highest BCUT2D eigenvalue weighted by atomic mass is 15.0. The molecule has 0 radical (unpaired) electrons. The molecule has 0 amide bonds. The van der Waals surface area contributed by atoms with Crippen molar-refractivity contribution in [1.82, 2.24) is 4.98 Å². The normalized spacial score (nSPS) is 12.8. The second-order valence-corrected chi connectivity index (χ2v) is 5.06. The largest absolute Gasteiger partial charge is 0.250 e. The van der Waals surface area contributed by atoms with Gasteiger partial charge in [-0.2, -0.15) is 0 Å². The van der Waals surface area contributed by atoms with Crippen LogP contribution in [0, 0.1) is 0 Å². The second-order valence-electron chi connectivity index (χ2n) is 5.06. The van der Waals surface area contributed by atoms with Crippen LogP contribution < -0.4 is 4.57 Å². The SMILES string of the molecule is CCCCCCCC(CCCC)[n+]1cc[nH]c1. The van der Waals surface area contributed by atoms with Gasteiger partial charge in [0.1, 0.15) is 18.4 Å². The lowest BCUT2D eigenvalue weighted by atomic mass is 10.0. The molecule has 1 unspecified atom stereocenters. The molecule has 1 N–H and O–H groups in total. The quantitative estimate of drug-likeness (QED) is 0.460. The highest BCUT2D eigenvalue weighted by Crippen LogP contribution is 2.17. The Morgan fingerprint density at radius 3 is 2.29 bits per heavy atom. The maximum absolute atomic E-state index is 3.16. The van der Waals surface area contributed by atoms with E-state index >= 15 is 0 Å². The lowest BCUT2D eigenvalue weighted by Crippen LogP contribution is -2.37. The van der Waals surface area contributed by atoms with Gasteiger partial charge < -0.3 is 0 Å². The summed E-state index contributed by atoms with van der Waals surface area (Å²) in [6.07, 6.45) is 18.6. The second kappa shape index (κ2) is 9.26. The van der Waals surface area contributed by atoms with Crippen LogP contribution in [0.15, 0.2) is 18.7 Å². The smallest absolute Gasteiger partial charge is 0.241 e. The van der Waals surface area contributed by atoms with Crippen LogP contribution in [0.3, 0.4) is 0 Å². The summed E-state index contributed by atoms with van der Waals surface area (Å²) in [6, 6.07) is 0.711. The molecule has 0 fully saturated rings. The van der Waals surface area contributed by atoms with Crippen molar-refractivity contribution >= 4 is 0 Å². The van der Waals surface area contributed by atoms with Gasteiger partial charge in [0.25, 0.3) is 0 Å². The lowest BCUT2D eigenvalue weighted by molar-refractivity contribution is -0.723. The minimum atomic E-state index is 0.711. The fourth-order valence-corrected chi connectivity index (χ4v) is 2.39. The molecule has 0 saturated heterocycles. The van der Waals surface area contributed by atoms with E-state index in [9.17, 15) is 0 Å². The summed E-state index contributed by atoms with van der Waals surface area (Å²) in [5.74, 6) is 0. The molecule has 1 heterocycles. The zero-order valence-corrected chi connectivity index (χ0v) is 11.6. The van der Waals surface area contributed by atoms with Crippen molar-refractivity contribution in [3.8, 4) is 0 Å². The van der Waals surface area contributed by atoms with E-state index in [4.69, 9.17) is 0 Å². The molecule has 0 aliphatic rings. The third-order valence-corrected chi connectivity index (χ3v) is 3.52. The fraction of sp³-hybridized carbons (Fsp3) is 0.800. The van der Waals surface area contributed by atoms with Crippen molar-refractivity contribution in [3.05, 3.63) is 18.7 Å². The Hall–Kier alpha value is -0.790. The van der Waals surface area contributed by atoms with E-state index in [1.807, 2.05) is 6.20 Å². The number of nitrogens with zero attached hydrogens (tertiary/aromatic N) is 1. The molecule has 2 heteroatoms. The van der Waals surface area contributed by atoms with Crippen molar-refractivity contribution < 1.29 is 4.57 Å². The van der Waals surface area contributed by atoms with Crippen LogP contribution >= 0.6 is 0 Å². The highest BCUT2D eigenvalue weighted by Gasteiger charge is 2.14. The number of hydrogen-bond acceptors (Lipinski definition) is 0. The average molecular weight is 237 g/mol. The van der Waals surface area contributed by atoms with E-state index in [0.717, 1.165) is 0 Å². The number of imidazole rings is 1. The Morgan fingerprint density at radius 2 is 1.65 bits per heavy atom. The fourth-order valence-electron chi connectivity index (χ4n) is 2.39. The molecular formula is C15H29N2+. The summed E-state index contributed by atoms with van der Waals surface area (Å²) in [7, 11) is 0. The highest BCUT2D eigenvalue weighted by molar-refractivity contribution is 4.61. The van der Waals surface area contributed by atoms with Gasteiger partial charge in [0.15, 0.2) is 0 Å². The number of hydrogen-bond donors (Lipinski definition) is 1. The van der Waals surface area contributed by atoms with E-state index in [0.29, 0.717) is 6.04 Å². The van der Waals surface area contributed by atoms with E-state index in [1.165, 1.54) is 57.8 Å². The van der Waals surface area contributed by atoms with Gasteiger partial charge >= 0.3 is 0 Å². The van der Waals surface area contributed by atoms with Crippen molar-refractivity contribution in [2.75, 3.05) is 0 Å². The molecule has 2 nitrogen and oxygen atoms in total. The van der Waals surface area contributed by atoms with Gasteiger partial charge in [-0.25, -0.2) is 4.57 Å². The number of aromatic nitrogens is 2. The molecule has 0 aliphatic heterocycles. The maximum atomic E-state index is 3.16. The molecular weight excluding hydrogens is 208 g/mol. The van der Waals surface area contributed by atoms with Crippen LogP contribution in [0.5, 0.6) is 0 Å². The van der Waals surface area contributed by atoms with Gasteiger partial charge in [0, 0.05) is 0 Å². The summed E-state index contributed by atoms with van der Waals surface area (Å²) in [6.45, 7) is 4.56. The van der Waals surface area contributed by atoms with Gasteiger partial charge in [-0.05, 0) is 25.7 Å². The molecule has 0 saturated carbocycles. The number of nitrogens with one attached hydrogen (secondary N) is 1. The first-order chi connectivity index (χ1) is 8.38. The average Bonchev–Trinajstić information content (AvgIpc) is 2.86. The van der Waals surface area contributed by atoms with Crippen LogP contribution in [-0.2, 0) is 0 Å². The van der Waals surface area contributed by atoms with Crippen molar-refractivity contribution in [3.63, 3.8) is 0 Å². The number of aromatic amines is 1. The summed E-state index contributed by atoms with van der Waals surface area (Å²) in [5.41, 5.74) is 0. The summed E-state index contributed by atoms with van der Waals surface area (Å²) < 4.78 is 2.36. The topological polar surface area (TPSA) is 19.7 Å². The first kappa shape index (κ1) is 14.3. The van der Waals surface area contributed by atoms with Gasteiger partial charge in [-0.15, -0.1) is 0 Å². The predicted molar refractivity (Wildman–Crippen MR) is 72.9 cm³/mol. The molecule has 0 bridgehead atoms. The molecule has 98 valence electrons. The Labute approximate surface area is 106 Å². The minimum Gasteiger partial charge on any atom is -0.250 e. The molecule has 1 rings (SSSR count). The van der Waals surface area contributed by atoms with Gasteiger partial charge in [-0.1, -0.05) is 46.0 Å². The van der Waals surface area contributed by atoms with Crippen LogP contribution in [0.25, 0.3) is 0 Å². The van der Waals surface area contributed by atoms with E-state index in [2.05, 4.69) is 35.9 Å². The van der Waals surface area contributed by atoms with Crippen molar-refractivity contribution in [1.29, 1.82) is 0 Å². The maximum Gasteiger partial charge on any atom is 0.241 e. The zero-order valence-electron chi connectivity index (χ0n) is 11.6. The Balaban J connectivity index is 2.26. The van der Waals surface area contributed by atoms with Crippen LogP contribution in [-0.4, -0.2) is 4.98 Å². The first-order valence-electron chi connectivity index (χ1n) is 7.42. The van der Waals surface area contributed by atoms with E-state index < -0.39 is 0 Å². The molecule has 0 aromatic carbocycles. The van der Waals surface area contributed by atoms with Crippen molar-refractivity contribution in [2.45, 2.75) is 77.7 Å². The summed E-state index contributed by atoms with van der Waals surface area (Å²) in [5, 5.41) is 0. The predicted octanol–water partition coefficient (Wildman–Crippen LogP) is 4.39.